The van der Waals surface area contributed by atoms with Crippen molar-refractivity contribution in [3.63, 3.8) is 0 Å². The van der Waals surface area contributed by atoms with Crippen molar-refractivity contribution in [3.8, 4) is 28.5 Å². The number of aromatic amines is 1. The van der Waals surface area contributed by atoms with E-state index in [1.54, 1.807) is 0 Å². The zero-order chi connectivity index (χ0) is 25.7. The highest BCUT2D eigenvalue weighted by atomic mass is 19.4. The lowest BCUT2D eigenvalue weighted by molar-refractivity contribution is -0.140. The molecule has 12 heteroatoms. The zero-order valence-electron chi connectivity index (χ0n) is 17.9. The van der Waals surface area contributed by atoms with Crippen molar-refractivity contribution in [2.24, 2.45) is 7.05 Å². The molecule has 4 aromatic rings. The van der Waals surface area contributed by atoms with Crippen LogP contribution in [0.5, 0.6) is 17.2 Å². The number of rotatable bonds is 4. The molecular weight excluding hydrogens is 482 g/mol. The number of alkyl halides is 3. The van der Waals surface area contributed by atoms with Crippen molar-refractivity contribution >= 4 is 10.9 Å². The van der Waals surface area contributed by atoms with E-state index in [0.717, 1.165) is 23.8 Å². The van der Waals surface area contributed by atoms with Gasteiger partial charge in [-0.05, 0) is 30.3 Å². The van der Waals surface area contributed by atoms with E-state index in [2.05, 4.69) is 4.98 Å². The lowest BCUT2D eigenvalue weighted by Gasteiger charge is -2.17. The second kappa shape index (κ2) is 8.53. The summed E-state index contributed by atoms with van der Waals surface area (Å²) in [5.41, 5.74) is -3.63. The Hall–Kier alpha value is -4.22. The van der Waals surface area contributed by atoms with Crippen LogP contribution in [0.3, 0.4) is 0 Å². The number of pyridine rings is 2. The highest BCUT2D eigenvalue weighted by Gasteiger charge is 2.36. The molecule has 0 radical (unpaired) electrons. The summed E-state index contributed by atoms with van der Waals surface area (Å²) in [6.45, 7) is 0. The number of hydrogen-bond acceptors (Lipinski definition) is 4. The number of H-pyrrole nitrogens is 1. The van der Waals surface area contributed by atoms with E-state index in [0.29, 0.717) is 18.2 Å². The Morgan fingerprint density at radius 1 is 0.943 bits per heavy atom. The molecule has 0 aliphatic rings. The molecule has 0 aliphatic heterocycles. The summed E-state index contributed by atoms with van der Waals surface area (Å²) < 4.78 is 93.7. The van der Waals surface area contributed by atoms with Crippen LogP contribution in [0.2, 0.25) is 0 Å². The van der Waals surface area contributed by atoms with Gasteiger partial charge in [0.15, 0.2) is 17.0 Å². The summed E-state index contributed by atoms with van der Waals surface area (Å²) in [5, 5.41) is -0.226. The Labute approximate surface area is 192 Å². The molecule has 0 saturated heterocycles. The molecule has 0 unspecified atom stereocenters. The first-order valence-corrected chi connectivity index (χ1v) is 9.76. The number of aromatic nitrogens is 2. The molecule has 2 heterocycles. The summed E-state index contributed by atoms with van der Waals surface area (Å²) in [4.78, 5) is 27.7. The maximum absolute atomic E-state index is 14.5. The Bertz CT molecular complexity index is 1590. The van der Waals surface area contributed by atoms with E-state index >= 15 is 0 Å². The minimum atomic E-state index is -5.12. The van der Waals surface area contributed by atoms with E-state index < -0.39 is 57.4 Å². The van der Waals surface area contributed by atoms with E-state index in [-0.39, 0.29) is 22.2 Å². The van der Waals surface area contributed by atoms with Crippen molar-refractivity contribution in [3.05, 3.63) is 86.2 Å². The minimum Gasteiger partial charge on any atom is -0.490 e. The van der Waals surface area contributed by atoms with Crippen LogP contribution in [0.15, 0.2) is 52.2 Å². The van der Waals surface area contributed by atoms with Crippen LogP contribution in [-0.2, 0) is 13.2 Å². The molecule has 2 aromatic heterocycles. The third-order valence-corrected chi connectivity index (χ3v) is 5.16. The summed E-state index contributed by atoms with van der Waals surface area (Å²) in [7, 11) is 2.40. The summed E-state index contributed by atoms with van der Waals surface area (Å²) in [6.07, 6.45) is -3.77. The standard InChI is InChI=1S/C23H14F6N2O4/c1-31-6-5-14-19(22(31)33)16(32)9-15(30-14)10-7-13(25)11(23(27,28)29)8-18(10)35-17-4-3-12(24)20(26)21(17)34-2/h3-9H,1-2H3,(H,30,32). The molecule has 0 fully saturated rings. The molecule has 6 nitrogen and oxygen atoms in total. The summed E-state index contributed by atoms with van der Waals surface area (Å²) in [6, 6.07) is 4.63. The molecule has 4 rings (SSSR count). The van der Waals surface area contributed by atoms with E-state index in [1.807, 2.05) is 0 Å². The fourth-order valence-electron chi connectivity index (χ4n) is 3.47. The first-order chi connectivity index (χ1) is 16.4. The average Bonchev–Trinajstić information content (AvgIpc) is 2.78. The fourth-order valence-corrected chi connectivity index (χ4v) is 3.47. The van der Waals surface area contributed by atoms with Crippen LogP contribution in [0, 0.1) is 17.5 Å². The molecule has 182 valence electrons. The van der Waals surface area contributed by atoms with Crippen molar-refractivity contribution in [1.82, 2.24) is 9.55 Å². The van der Waals surface area contributed by atoms with Crippen molar-refractivity contribution < 1.29 is 35.8 Å². The molecule has 2 aromatic carbocycles. The molecule has 0 atom stereocenters. The van der Waals surface area contributed by atoms with Crippen molar-refractivity contribution in [2.45, 2.75) is 6.18 Å². The first-order valence-electron chi connectivity index (χ1n) is 9.76. The maximum atomic E-state index is 14.5. The van der Waals surface area contributed by atoms with Gasteiger partial charge in [0.1, 0.15) is 17.0 Å². The molecule has 35 heavy (non-hydrogen) atoms. The predicted molar refractivity (Wildman–Crippen MR) is 113 cm³/mol. The van der Waals surface area contributed by atoms with Crippen LogP contribution >= 0.6 is 0 Å². The molecule has 1 N–H and O–H groups in total. The Balaban J connectivity index is 1.99. The highest BCUT2D eigenvalue weighted by molar-refractivity contribution is 5.81. The SMILES string of the molecule is COc1c(Oc2cc(C(F)(F)F)c(F)cc2-c2cc(=O)c3c(=O)n(C)ccc3[nH]2)ccc(F)c1F. The maximum Gasteiger partial charge on any atom is 0.419 e. The molecule has 0 saturated carbocycles. The van der Waals surface area contributed by atoms with Gasteiger partial charge in [-0.1, -0.05) is 0 Å². The Kier molecular flexibility index (Phi) is 5.83. The van der Waals surface area contributed by atoms with Crippen LogP contribution in [-0.4, -0.2) is 16.7 Å². The summed E-state index contributed by atoms with van der Waals surface area (Å²) in [5.74, 6) is -6.35. The van der Waals surface area contributed by atoms with Crippen LogP contribution in [0.4, 0.5) is 26.3 Å². The van der Waals surface area contributed by atoms with Gasteiger partial charge in [-0.25, -0.2) is 8.78 Å². The van der Waals surface area contributed by atoms with Crippen molar-refractivity contribution in [2.75, 3.05) is 7.11 Å². The van der Waals surface area contributed by atoms with Crippen LogP contribution in [0.1, 0.15) is 5.56 Å². The number of ether oxygens (including phenoxy) is 2. The molecule has 0 bridgehead atoms. The van der Waals surface area contributed by atoms with Gasteiger partial charge in [0, 0.05) is 24.9 Å². The lowest BCUT2D eigenvalue weighted by Crippen LogP contribution is -2.22. The number of nitrogens with one attached hydrogen (secondary N) is 1. The van der Waals surface area contributed by atoms with Gasteiger partial charge in [0.25, 0.3) is 5.56 Å². The number of fused-ring (bicyclic) bond motifs is 1. The number of benzene rings is 2. The van der Waals surface area contributed by atoms with Gasteiger partial charge < -0.3 is 19.0 Å². The zero-order valence-corrected chi connectivity index (χ0v) is 17.9. The second-order valence-electron chi connectivity index (χ2n) is 7.39. The first kappa shape index (κ1) is 23.9. The number of aryl methyl sites for hydroxylation is 1. The van der Waals surface area contributed by atoms with Crippen LogP contribution < -0.4 is 20.5 Å². The molecule has 0 amide bonds. The quantitative estimate of drug-likeness (QED) is 0.398. The topological polar surface area (TPSA) is 73.3 Å². The van der Waals surface area contributed by atoms with E-state index in [4.69, 9.17) is 9.47 Å². The molecular formula is C23H14F6N2O4. The average molecular weight is 496 g/mol. The number of nitrogens with zero attached hydrogens (tertiary/aromatic N) is 1. The van der Waals surface area contributed by atoms with Gasteiger partial charge in [-0.3, -0.25) is 9.59 Å². The summed E-state index contributed by atoms with van der Waals surface area (Å²) >= 11 is 0. The minimum absolute atomic E-state index is 0.0345. The number of halogens is 6. The Morgan fingerprint density at radius 3 is 2.31 bits per heavy atom. The largest absolute Gasteiger partial charge is 0.490 e. The smallest absolute Gasteiger partial charge is 0.419 e. The van der Waals surface area contributed by atoms with Gasteiger partial charge in [-0.2, -0.15) is 17.6 Å². The van der Waals surface area contributed by atoms with Gasteiger partial charge >= 0.3 is 6.18 Å². The lowest BCUT2D eigenvalue weighted by atomic mass is 10.0. The van der Waals surface area contributed by atoms with Gasteiger partial charge in [0.05, 0.1) is 23.9 Å². The number of hydrogen-bond donors (Lipinski definition) is 1. The van der Waals surface area contributed by atoms with E-state index in [9.17, 15) is 35.9 Å². The van der Waals surface area contributed by atoms with Crippen LogP contribution in [0.25, 0.3) is 22.2 Å². The predicted octanol–water partition coefficient (Wildman–Crippen LogP) is 5.13. The normalized spacial score (nSPS) is 11.7. The van der Waals surface area contributed by atoms with E-state index in [1.165, 1.54) is 19.3 Å². The third kappa shape index (κ3) is 4.22. The fraction of sp³-hybridized carbons (Fsp3) is 0.130. The Morgan fingerprint density at radius 2 is 1.66 bits per heavy atom. The highest BCUT2D eigenvalue weighted by Crippen LogP contribution is 2.42. The van der Waals surface area contributed by atoms with Crippen molar-refractivity contribution in [1.29, 1.82) is 0 Å². The molecule has 0 spiro atoms. The monoisotopic (exact) mass is 496 g/mol. The third-order valence-electron chi connectivity index (χ3n) is 5.16. The molecule has 0 aliphatic carbocycles. The second-order valence-corrected chi connectivity index (χ2v) is 7.39. The van der Waals surface area contributed by atoms with Gasteiger partial charge in [-0.15, -0.1) is 0 Å². The van der Waals surface area contributed by atoms with Gasteiger partial charge in [0.2, 0.25) is 11.6 Å². The number of methoxy groups -OCH3 is 1.